The van der Waals surface area contributed by atoms with Crippen molar-refractivity contribution < 1.29 is 8.42 Å². The molecule has 108 valence electrons. The minimum Gasteiger partial charge on any atom is -0.302 e. The highest BCUT2D eigenvalue weighted by Crippen LogP contribution is 2.35. The maximum absolute atomic E-state index is 11.8. The largest absolute Gasteiger partial charge is 0.302 e. The summed E-state index contributed by atoms with van der Waals surface area (Å²) >= 11 is 0. The van der Waals surface area contributed by atoms with Crippen LogP contribution in [0.4, 0.5) is 0 Å². The second-order valence-corrected chi connectivity index (χ2v) is 7.89. The van der Waals surface area contributed by atoms with Crippen LogP contribution in [0.25, 0.3) is 0 Å². The zero-order valence-corrected chi connectivity index (χ0v) is 13.0. The number of sulfonamides is 1. The van der Waals surface area contributed by atoms with Crippen LogP contribution in [-0.2, 0) is 10.0 Å². The van der Waals surface area contributed by atoms with Crippen LogP contribution in [0.1, 0.15) is 46.0 Å². The van der Waals surface area contributed by atoms with Gasteiger partial charge < -0.3 is 4.90 Å². The Morgan fingerprint density at radius 3 is 2.56 bits per heavy atom. The van der Waals surface area contributed by atoms with E-state index in [2.05, 4.69) is 30.6 Å². The molecule has 0 aliphatic heterocycles. The van der Waals surface area contributed by atoms with E-state index in [1.165, 1.54) is 12.8 Å². The molecule has 0 aromatic carbocycles. The van der Waals surface area contributed by atoms with Gasteiger partial charge >= 0.3 is 0 Å². The SMILES string of the molecule is CCCS(=O)(=O)NCC1(N(C)C)CCCC(C)C1. The monoisotopic (exact) mass is 276 g/mol. The fraction of sp³-hybridized carbons (Fsp3) is 1.00. The van der Waals surface area contributed by atoms with Gasteiger partial charge in [-0.05, 0) is 39.3 Å². The summed E-state index contributed by atoms with van der Waals surface area (Å²) in [5, 5.41) is 0. The van der Waals surface area contributed by atoms with Gasteiger partial charge in [0, 0.05) is 12.1 Å². The van der Waals surface area contributed by atoms with E-state index in [4.69, 9.17) is 0 Å². The molecular weight excluding hydrogens is 248 g/mol. The van der Waals surface area contributed by atoms with Crippen molar-refractivity contribution in [3.63, 3.8) is 0 Å². The van der Waals surface area contributed by atoms with Crippen LogP contribution in [0.2, 0.25) is 0 Å². The molecule has 0 saturated heterocycles. The standard InChI is InChI=1S/C13H28N2O2S/c1-5-9-18(16,17)14-11-13(15(3)4)8-6-7-12(2)10-13/h12,14H,5-11H2,1-4H3. The first kappa shape index (κ1) is 15.9. The van der Waals surface area contributed by atoms with Crippen LogP contribution in [0, 0.1) is 5.92 Å². The molecule has 5 heteroatoms. The zero-order valence-electron chi connectivity index (χ0n) is 12.2. The van der Waals surface area contributed by atoms with E-state index in [0.29, 0.717) is 18.9 Å². The molecule has 1 N–H and O–H groups in total. The molecule has 1 aliphatic rings. The zero-order chi connectivity index (χ0) is 13.8. The van der Waals surface area contributed by atoms with Gasteiger partial charge in [-0.2, -0.15) is 0 Å². The van der Waals surface area contributed by atoms with Crippen molar-refractivity contribution in [2.24, 2.45) is 5.92 Å². The Balaban J connectivity index is 2.69. The molecule has 18 heavy (non-hydrogen) atoms. The highest BCUT2D eigenvalue weighted by atomic mass is 32.2. The molecule has 1 rings (SSSR count). The number of rotatable bonds is 6. The first-order valence-electron chi connectivity index (χ1n) is 6.96. The van der Waals surface area contributed by atoms with Crippen molar-refractivity contribution in [1.82, 2.24) is 9.62 Å². The molecule has 1 saturated carbocycles. The van der Waals surface area contributed by atoms with E-state index in [1.807, 2.05) is 6.92 Å². The lowest BCUT2D eigenvalue weighted by atomic mass is 9.75. The van der Waals surface area contributed by atoms with Crippen LogP contribution in [0.3, 0.4) is 0 Å². The molecule has 0 spiro atoms. The molecule has 2 atom stereocenters. The Labute approximate surface area is 112 Å². The Morgan fingerprint density at radius 1 is 1.39 bits per heavy atom. The van der Waals surface area contributed by atoms with Gasteiger partial charge in [-0.1, -0.05) is 26.7 Å². The molecule has 0 bridgehead atoms. The minimum atomic E-state index is -3.10. The summed E-state index contributed by atoms with van der Waals surface area (Å²) in [5.74, 6) is 0.906. The Bertz CT molecular complexity index is 354. The molecule has 0 heterocycles. The normalized spacial score (nSPS) is 29.7. The first-order valence-corrected chi connectivity index (χ1v) is 8.61. The first-order chi connectivity index (χ1) is 8.31. The lowest BCUT2D eigenvalue weighted by molar-refractivity contribution is 0.0805. The minimum absolute atomic E-state index is 0.00151. The van der Waals surface area contributed by atoms with Gasteiger partial charge in [-0.25, -0.2) is 13.1 Å². The molecule has 1 aliphatic carbocycles. The van der Waals surface area contributed by atoms with E-state index in [-0.39, 0.29) is 11.3 Å². The summed E-state index contributed by atoms with van der Waals surface area (Å²) in [4.78, 5) is 2.21. The predicted octanol–water partition coefficient (Wildman–Crippen LogP) is 1.83. The van der Waals surface area contributed by atoms with Crippen LogP contribution >= 0.6 is 0 Å². The highest BCUT2D eigenvalue weighted by Gasteiger charge is 2.37. The molecule has 0 aromatic rings. The second kappa shape index (κ2) is 6.35. The number of likely N-dealkylation sites (N-methyl/N-ethyl adjacent to an activating group) is 1. The fourth-order valence-corrected chi connectivity index (χ4v) is 4.11. The molecule has 1 fully saturated rings. The summed E-state index contributed by atoms with van der Waals surface area (Å²) in [5.41, 5.74) is -0.00151. The van der Waals surface area contributed by atoms with E-state index >= 15 is 0 Å². The smallest absolute Gasteiger partial charge is 0.211 e. The molecule has 2 unspecified atom stereocenters. The van der Waals surface area contributed by atoms with Gasteiger partial charge in [0.25, 0.3) is 0 Å². The summed E-state index contributed by atoms with van der Waals surface area (Å²) in [7, 11) is 1.03. The number of nitrogens with one attached hydrogen (secondary N) is 1. The van der Waals surface area contributed by atoms with Gasteiger partial charge in [0.15, 0.2) is 0 Å². The summed E-state index contributed by atoms with van der Waals surface area (Å²) in [6, 6.07) is 0. The number of hydrogen-bond donors (Lipinski definition) is 1. The van der Waals surface area contributed by atoms with Gasteiger partial charge in [0.2, 0.25) is 10.0 Å². The van der Waals surface area contributed by atoms with E-state index in [0.717, 1.165) is 12.8 Å². The van der Waals surface area contributed by atoms with E-state index in [9.17, 15) is 8.42 Å². The van der Waals surface area contributed by atoms with Gasteiger partial charge in [0.05, 0.1) is 5.75 Å². The van der Waals surface area contributed by atoms with Crippen LogP contribution in [0.5, 0.6) is 0 Å². The molecular formula is C13H28N2O2S. The van der Waals surface area contributed by atoms with Crippen molar-refractivity contribution in [2.75, 3.05) is 26.4 Å². The highest BCUT2D eigenvalue weighted by molar-refractivity contribution is 7.89. The third-order valence-electron chi connectivity index (χ3n) is 4.11. The van der Waals surface area contributed by atoms with Crippen molar-refractivity contribution in [2.45, 2.75) is 51.5 Å². The third-order valence-corrected chi connectivity index (χ3v) is 5.64. The van der Waals surface area contributed by atoms with E-state index in [1.54, 1.807) is 0 Å². The maximum Gasteiger partial charge on any atom is 0.211 e. The van der Waals surface area contributed by atoms with Crippen LogP contribution in [-0.4, -0.2) is 45.2 Å². The number of nitrogens with zero attached hydrogens (tertiary/aromatic N) is 1. The fourth-order valence-electron chi connectivity index (χ4n) is 2.94. The van der Waals surface area contributed by atoms with Gasteiger partial charge in [-0.15, -0.1) is 0 Å². The molecule has 0 aromatic heterocycles. The van der Waals surface area contributed by atoms with E-state index < -0.39 is 10.0 Å². The lowest BCUT2D eigenvalue weighted by Gasteiger charge is -2.45. The second-order valence-electron chi connectivity index (χ2n) is 5.96. The third kappa shape index (κ3) is 4.21. The quantitative estimate of drug-likeness (QED) is 0.805. The average Bonchev–Trinajstić information content (AvgIpc) is 2.26. The van der Waals surface area contributed by atoms with Crippen molar-refractivity contribution >= 4 is 10.0 Å². The van der Waals surface area contributed by atoms with Gasteiger partial charge in [0.1, 0.15) is 0 Å². The van der Waals surface area contributed by atoms with Crippen LogP contribution in [0.15, 0.2) is 0 Å². The van der Waals surface area contributed by atoms with Crippen molar-refractivity contribution in [3.05, 3.63) is 0 Å². The summed E-state index contributed by atoms with van der Waals surface area (Å²) < 4.78 is 26.4. The Hall–Kier alpha value is -0.130. The summed E-state index contributed by atoms with van der Waals surface area (Å²) in [6.45, 7) is 4.70. The van der Waals surface area contributed by atoms with Crippen molar-refractivity contribution in [3.8, 4) is 0 Å². The lowest BCUT2D eigenvalue weighted by Crippen LogP contribution is -2.55. The average molecular weight is 276 g/mol. The topological polar surface area (TPSA) is 49.4 Å². The summed E-state index contributed by atoms with van der Waals surface area (Å²) in [6.07, 6.45) is 5.28. The Morgan fingerprint density at radius 2 is 2.06 bits per heavy atom. The van der Waals surface area contributed by atoms with Crippen LogP contribution < -0.4 is 4.72 Å². The molecule has 0 amide bonds. The molecule has 0 radical (unpaired) electrons. The number of hydrogen-bond acceptors (Lipinski definition) is 3. The van der Waals surface area contributed by atoms with Crippen molar-refractivity contribution in [1.29, 1.82) is 0 Å². The Kier molecular flexibility index (Phi) is 5.62. The van der Waals surface area contributed by atoms with Gasteiger partial charge in [-0.3, -0.25) is 0 Å². The maximum atomic E-state index is 11.8. The molecule has 4 nitrogen and oxygen atoms in total. The predicted molar refractivity (Wildman–Crippen MR) is 76.1 cm³/mol.